The van der Waals surface area contributed by atoms with Gasteiger partial charge in [-0.25, -0.2) is 0 Å². The van der Waals surface area contributed by atoms with E-state index < -0.39 is 0 Å². The zero-order valence-corrected chi connectivity index (χ0v) is 6.19. The molecule has 0 N–H and O–H groups in total. The zero-order valence-electron chi connectivity index (χ0n) is 6.19. The maximum absolute atomic E-state index is 2.38. The first kappa shape index (κ1) is 5.64. The van der Waals surface area contributed by atoms with Crippen LogP contribution in [0.1, 0.15) is 39.0 Å². The molecule has 0 aromatic rings. The minimum absolute atomic E-state index is 1.05. The van der Waals surface area contributed by atoms with E-state index in [1.807, 2.05) is 5.92 Å². The summed E-state index contributed by atoms with van der Waals surface area (Å²) in [7, 11) is 0. The van der Waals surface area contributed by atoms with Gasteiger partial charge in [-0.05, 0) is 32.1 Å². The molecule has 50 valence electrons. The average molecular weight is 123 g/mol. The Hall–Kier alpha value is -0.130. The van der Waals surface area contributed by atoms with Crippen LogP contribution in [0.25, 0.3) is 0 Å². The fraction of sp³-hybridized carbons (Fsp3) is 0.889. The van der Waals surface area contributed by atoms with Crippen molar-refractivity contribution in [3.8, 4) is 0 Å². The van der Waals surface area contributed by atoms with E-state index >= 15 is 0 Å². The van der Waals surface area contributed by atoms with Gasteiger partial charge >= 0.3 is 0 Å². The summed E-state index contributed by atoms with van der Waals surface area (Å²) in [4.78, 5) is 0. The minimum atomic E-state index is 1.05. The predicted octanol–water partition coefficient (Wildman–Crippen LogP) is 2.79. The second-order valence-electron chi connectivity index (χ2n) is 3.65. The van der Waals surface area contributed by atoms with Gasteiger partial charge in [0.25, 0.3) is 0 Å². The summed E-state index contributed by atoms with van der Waals surface area (Å²) < 4.78 is 0. The highest BCUT2D eigenvalue weighted by molar-refractivity contribution is 5.06. The van der Waals surface area contributed by atoms with Gasteiger partial charge in [0.15, 0.2) is 0 Å². The van der Waals surface area contributed by atoms with Crippen molar-refractivity contribution in [3.63, 3.8) is 0 Å². The van der Waals surface area contributed by atoms with Crippen molar-refractivity contribution >= 4 is 0 Å². The van der Waals surface area contributed by atoms with Crippen LogP contribution in [0.3, 0.4) is 0 Å². The first-order valence-electron chi connectivity index (χ1n) is 4.21. The molecule has 2 aliphatic rings. The average Bonchev–Trinajstić information content (AvgIpc) is 2.37. The van der Waals surface area contributed by atoms with E-state index in [0.29, 0.717) is 0 Å². The van der Waals surface area contributed by atoms with E-state index in [0.717, 1.165) is 11.8 Å². The van der Waals surface area contributed by atoms with E-state index in [1.165, 1.54) is 32.1 Å². The fourth-order valence-corrected chi connectivity index (χ4v) is 1.74. The third kappa shape index (κ3) is 0.953. The van der Waals surface area contributed by atoms with Crippen LogP contribution in [0.15, 0.2) is 0 Å². The lowest BCUT2D eigenvalue weighted by Crippen LogP contribution is -2.19. The molecule has 9 heavy (non-hydrogen) atoms. The van der Waals surface area contributed by atoms with Gasteiger partial charge in [-0.1, -0.05) is 0 Å². The Morgan fingerprint density at radius 3 is 1.89 bits per heavy atom. The zero-order chi connectivity index (χ0) is 6.27. The Kier molecular flexibility index (Phi) is 1.21. The van der Waals surface area contributed by atoms with Crippen molar-refractivity contribution in [3.05, 3.63) is 5.92 Å². The molecule has 0 aliphatic heterocycles. The molecule has 2 aliphatic carbocycles. The lowest BCUT2D eigenvalue weighted by molar-refractivity contribution is 0.314. The van der Waals surface area contributed by atoms with Crippen LogP contribution in [0, 0.1) is 17.8 Å². The van der Waals surface area contributed by atoms with Gasteiger partial charge in [0.2, 0.25) is 0 Å². The van der Waals surface area contributed by atoms with Crippen molar-refractivity contribution in [2.24, 2.45) is 11.8 Å². The molecule has 0 bridgehead atoms. The van der Waals surface area contributed by atoms with Crippen LogP contribution in [0.2, 0.25) is 0 Å². The first-order chi connectivity index (χ1) is 4.38. The third-order valence-corrected chi connectivity index (χ3v) is 2.97. The topological polar surface area (TPSA) is 0 Å². The Bertz CT molecular complexity index is 98.6. The summed E-state index contributed by atoms with van der Waals surface area (Å²) >= 11 is 0. The van der Waals surface area contributed by atoms with Crippen LogP contribution >= 0.6 is 0 Å². The van der Waals surface area contributed by atoms with Crippen molar-refractivity contribution in [1.29, 1.82) is 0 Å². The molecule has 0 amide bonds. The van der Waals surface area contributed by atoms with Gasteiger partial charge in [-0.15, -0.1) is 0 Å². The molecule has 0 unspecified atom stereocenters. The Morgan fingerprint density at radius 2 is 1.56 bits per heavy atom. The Labute approximate surface area is 57.6 Å². The van der Waals surface area contributed by atoms with E-state index in [2.05, 4.69) is 6.92 Å². The SMILES string of the molecule is C[C+](C1CCC1)C1CC1. The highest BCUT2D eigenvalue weighted by Gasteiger charge is 2.45. The van der Waals surface area contributed by atoms with Crippen molar-refractivity contribution < 1.29 is 0 Å². The molecular weight excluding hydrogens is 108 g/mol. The molecule has 0 heterocycles. The third-order valence-electron chi connectivity index (χ3n) is 2.97. The Morgan fingerprint density at radius 1 is 1.00 bits per heavy atom. The molecule has 0 heteroatoms. The highest BCUT2D eigenvalue weighted by Crippen LogP contribution is 2.47. The first-order valence-corrected chi connectivity index (χ1v) is 4.21. The summed E-state index contributed by atoms with van der Waals surface area (Å²) in [5.41, 5.74) is 0. The number of rotatable bonds is 2. The predicted molar refractivity (Wildman–Crippen MR) is 39.0 cm³/mol. The molecule has 0 spiro atoms. The molecule has 0 saturated heterocycles. The second-order valence-corrected chi connectivity index (χ2v) is 3.65. The van der Waals surface area contributed by atoms with Gasteiger partial charge < -0.3 is 0 Å². The maximum atomic E-state index is 2.38. The Balaban J connectivity index is 1.81. The molecule has 2 saturated carbocycles. The van der Waals surface area contributed by atoms with Gasteiger partial charge in [-0.3, -0.25) is 0 Å². The number of hydrogen-bond donors (Lipinski definition) is 0. The van der Waals surface area contributed by atoms with Gasteiger partial charge in [0, 0.05) is 0 Å². The monoisotopic (exact) mass is 123 g/mol. The molecule has 0 nitrogen and oxygen atoms in total. The molecule has 2 rings (SSSR count). The lowest BCUT2D eigenvalue weighted by Gasteiger charge is -2.22. The van der Waals surface area contributed by atoms with E-state index in [1.54, 1.807) is 0 Å². The van der Waals surface area contributed by atoms with Gasteiger partial charge in [-0.2, -0.15) is 0 Å². The lowest BCUT2D eigenvalue weighted by atomic mass is 9.75. The molecular formula is C9H15+. The van der Waals surface area contributed by atoms with Gasteiger partial charge in [0.1, 0.15) is 11.8 Å². The van der Waals surface area contributed by atoms with E-state index in [-0.39, 0.29) is 0 Å². The van der Waals surface area contributed by atoms with Crippen LogP contribution in [0.4, 0.5) is 0 Å². The van der Waals surface area contributed by atoms with E-state index in [9.17, 15) is 0 Å². The molecule has 0 aromatic heterocycles. The summed E-state index contributed by atoms with van der Waals surface area (Å²) in [5.74, 6) is 3.95. The van der Waals surface area contributed by atoms with Crippen LogP contribution in [-0.2, 0) is 0 Å². The van der Waals surface area contributed by atoms with Crippen LogP contribution < -0.4 is 0 Å². The van der Waals surface area contributed by atoms with Crippen molar-refractivity contribution in [2.45, 2.75) is 39.0 Å². The van der Waals surface area contributed by atoms with Crippen molar-refractivity contribution in [1.82, 2.24) is 0 Å². The molecule has 0 atom stereocenters. The standard InChI is InChI=1S/C9H15/c1-7(9-5-6-9)8-3-2-4-8/h8-9H,2-6H2,1H3/q+1. The smallest absolute Gasteiger partial charge is 0.0446 e. The summed E-state index contributed by atoms with van der Waals surface area (Å²) in [6.07, 6.45) is 7.50. The molecule has 0 radical (unpaired) electrons. The summed E-state index contributed by atoms with van der Waals surface area (Å²) in [6, 6.07) is 0. The normalized spacial score (nSPS) is 27.7. The van der Waals surface area contributed by atoms with Crippen molar-refractivity contribution in [2.75, 3.05) is 0 Å². The number of hydrogen-bond acceptors (Lipinski definition) is 0. The summed E-state index contributed by atoms with van der Waals surface area (Å²) in [6.45, 7) is 2.38. The minimum Gasteiger partial charge on any atom is -0.0446 e. The van der Waals surface area contributed by atoms with Crippen LogP contribution in [0.5, 0.6) is 0 Å². The largest absolute Gasteiger partial charge is 0.101 e. The fourth-order valence-electron chi connectivity index (χ4n) is 1.74. The van der Waals surface area contributed by atoms with E-state index in [4.69, 9.17) is 0 Å². The quantitative estimate of drug-likeness (QED) is 0.495. The maximum Gasteiger partial charge on any atom is 0.101 e. The second kappa shape index (κ2) is 1.93. The van der Waals surface area contributed by atoms with Gasteiger partial charge in [0.05, 0.1) is 12.8 Å². The molecule has 2 fully saturated rings. The highest BCUT2D eigenvalue weighted by atomic mass is 14.4. The summed E-state index contributed by atoms with van der Waals surface area (Å²) in [5, 5.41) is 0. The van der Waals surface area contributed by atoms with Crippen LogP contribution in [-0.4, -0.2) is 0 Å². The molecule has 0 aromatic carbocycles.